The third-order valence-corrected chi connectivity index (χ3v) is 3.22. The molecule has 0 heterocycles. The van der Waals surface area contributed by atoms with Crippen molar-refractivity contribution in [1.29, 1.82) is 0 Å². The van der Waals surface area contributed by atoms with Crippen molar-refractivity contribution in [3.8, 4) is 5.75 Å². The molecular weight excluding hydrogens is 248 g/mol. The van der Waals surface area contributed by atoms with E-state index in [2.05, 4.69) is 0 Å². The first-order valence-electron chi connectivity index (χ1n) is 5.67. The maximum atomic E-state index is 12.2. The highest BCUT2D eigenvalue weighted by Crippen LogP contribution is 2.17. The lowest BCUT2D eigenvalue weighted by Gasteiger charge is -2.21. The van der Waals surface area contributed by atoms with Gasteiger partial charge in [0.25, 0.3) is 5.91 Å². The van der Waals surface area contributed by atoms with Crippen LogP contribution in [0, 0.1) is 12.8 Å². The van der Waals surface area contributed by atoms with Crippen LogP contribution in [0.2, 0.25) is 0 Å². The molecule has 0 fully saturated rings. The Labute approximate surface area is 112 Å². The smallest absolute Gasteiger partial charge is 0.253 e. The van der Waals surface area contributed by atoms with E-state index >= 15 is 0 Å². The van der Waals surface area contributed by atoms with Crippen molar-refractivity contribution in [3.63, 3.8) is 0 Å². The highest BCUT2D eigenvalue weighted by molar-refractivity contribution is 7.80. The average Bonchev–Trinajstić information content (AvgIpc) is 2.27. The molecule has 4 nitrogen and oxygen atoms in total. The maximum Gasteiger partial charge on any atom is 0.253 e. The lowest BCUT2D eigenvalue weighted by atomic mass is 10.1. The van der Waals surface area contributed by atoms with E-state index in [0.29, 0.717) is 17.1 Å². The Balaban J connectivity index is 2.83. The predicted octanol–water partition coefficient (Wildman–Crippen LogP) is 1.69. The quantitative estimate of drug-likeness (QED) is 0.814. The van der Waals surface area contributed by atoms with Gasteiger partial charge < -0.3 is 15.7 Å². The summed E-state index contributed by atoms with van der Waals surface area (Å²) in [6.07, 6.45) is 0. The number of aryl methyl sites for hydroxylation is 1. The van der Waals surface area contributed by atoms with Crippen LogP contribution in [0.1, 0.15) is 22.8 Å². The first-order valence-corrected chi connectivity index (χ1v) is 6.08. The summed E-state index contributed by atoms with van der Waals surface area (Å²) in [6, 6.07) is 4.69. The Kier molecular flexibility index (Phi) is 4.67. The molecule has 1 atom stereocenters. The zero-order valence-electron chi connectivity index (χ0n) is 10.8. The van der Waals surface area contributed by atoms with Gasteiger partial charge in [-0.3, -0.25) is 4.79 Å². The molecule has 18 heavy (non-hydrogen) atoms. The average molecular weight is 266 g/mol. The Morgan fingerprint density at radius 2 is 2.17 bits per heavy atom. The highest BCUT2D eigenvalue weighted by atomic mass is 32.1. The van der Waals surface area contributed by atoms with Gasteiger partial charge in [-0.15, -0.1) is 0 Å². The number of aromatic hydroxyl groups is 1. The van der Waals surface area contributed by atoms with Crippen LogP contribution in [0.5, 0.6) is 5.75 Å². The van der Waals surface area contributed by atoms with Crippen molar-refractivity contribution in [3.05, 3.63) is 29.3 Å². The van der Waals surface area contributed by atoms with Gasteiger partial charge in [-0.05, 0) is 30.7 Å². The van der Waals surface area contributed by atoms with Gasteiger partial charge >= 0.3 is 0 Å². The van der Waals surface area contributed by atoms with Gasteiger partial charge in [-0.1, -0.05) is 19.1 Å². The van der Waals surface area contributed by atoms with E-state index in [1.165, 1.54) is 6.07 Å². The molecule has 5 heteroatoms. The fraction of sp³-hybridized carbons (Fsp3) is 0.385. The number of phenolic OH excluding ortho intramolecular Hbond substituents is 1. The third kappa shape index (κ3) is 3.43. The number of amides is 1. The minimum Gasteiger partial charge on any atom is -0.508 e. The van der Waals surface area contributed by atoms with Crippen LogP contribution in [0.25, 0.3) is 0 Å². The summed E-state index contributed by atoms with van der Waals surface area (Å²) < 4.78 is 0. The van der Waals surface area contributed by atoms with Gasteiger partial charge in [0, 0.05) is 25.1 Å². The Bertz CT molecular complexity index is 474. The number of thiocarbonyl (C=S) groups is 1. The second-order valence-electron chi connectivity index (χ2n) is 4.49. The number of carbonyl (C=O) groups is 1. The molecular formula is C13H18N2O2S. The fourth-order valence-corrected chi connectivity index (χ4v) is 1.75. The Hall–Kier alpha value is -1.62. The molecule has 0 aliphatic carbocycles. The zero-order valence-corrected chi connectivity index (χ0v) is 11.6. The van der Waals surface area contributed by atoms with Gasteiger partial charge in [0.15, 0.2) is 0 Å². The minimum absolute atomic E-state index is 0.0219. The van der Waals surface area contributed by atoms with E-state index in [-0.39, 0.29) is 17.6 Å². The van der Waals surface area contributed by atoms with Crippen LogP contribution in [-0.2, 0) is 0 Å². The van der Waals surface area contributed by atoms with E-state index in [0.717, 1.165) is 5.56 Å². The molecule has 1 aromatic carbocycles. The molecule has 0 saturated heterocycles. The Morgan fingerprint density at radius 1 is 1.56 bits per heavy atom. The lowest BCUT2D eigenvalue weighted by Crippen LogP contribution is -2.35. The SMILES string of the molecule is Cc1cc(O)ccc1C(=O)N(C)CC(C)C(N)=S. The maximum absolute atomic E-state index is 12.2. The van der Waals surface area contributed by atoms with Gasteiger partial charge in [0.2, 0.25) is 0 Å². The number of hydrogen-bond donors (Lipinski definition) is 2. The van der Waals surface area contributed by atoms with Gasteiger partial charge in [-0.2, -0.15) is 0 Å². The molecule has 0 aliphatic rings. The van der Waals surface area contributed by atoms with E-state index in [4.69, 9.17) is 18.0 Å². The summed E-state index contributed by atoms with van der Waals surface area (Å²) >= 11 is 4.89. The molecule has 1 unspecified atom stereocenters. The zero-order chi connectivity index (χ0) is 13.9. The van der Waals surface area contributed by atoms with Crippen LogP contribution in [0.4, 0.5) is 0 Å². The molecule has 0 saturated carbocycles. The van der Waals surface area contributed by atoms with Crippen LogP contribution >= 0.6 is 12.2 Å². The first-order chi connectivity index (χ1) is 8.32. The normalized spacial score (nSPS) is 11.9. The van der Waals surface area contributed by atoms with Crippen LogP contribution < -0.4 is 5.73 Å². The number of benzene rings is 1. The van der Waals surface area contributed by atoms with Gasteiger partial charge in [-0.25, -0.2) is 0 Å². The lowest BCUT2D eigenvalue weighted by molar-refractivity contribution is 0.0786. The standard InChI is InChI=1S/C13H18N2O2S/c1-8-6-10(16)4-5-11(8)13(17)15(3)7-9(2)12(14)18/h4-6,9,16H,7H2,1-3H3,(H2,14,18). The summed E-state index contributed by atoms with van der Waals surface area (Å²) in [4.78, 5) is 14.2. The monoisotopic (exact) mass is 266 g/mol. The summed E-state index contributed by atoms with van der Waals surface area (Å²) in [6.45, 7) is 4.15. The second kappa shape index (κ2) is 5.82. The molecule has 0 spiro atoms. The molecule has 3 N–H and O–H groups in total. The van der Waals surface area contributed by atoms with E-state index in [9.17, 15) is 9.90 Å². The summed E-state index contributed by atoms with van der Waals surface area (Å²) in [5, 5.41) is 9.32. The van der Waals surface area contributed by atoms with Crippen molar-refractivity contribution in [2.45, 2.75) is 13.8 Å². The number of nitrogens with zero attached hydrogens (tertiary/aromatic N) is 1. The number of nitrogens with two attached hydrogens (primary N) is 1. The van der Waals surface area contributed by atoms with Crippen LogP contribution in [-0.4, -0.2) is 34.5 Å². The number of carbonyl (C=O) groups excluding carboxylic acids is 1. The van der Waals surface area contributed by atoms with Gasteiger partial charge in [0.1, 0.15) is 5.75 Å². The molecule has 1 rings (SSSR count). The van der Waals surface area contributed by atoms with Crippen molar-refractivity contribution in [1.82, 2.24) is 4.90 Å². The summed E-state index contributed by atoms with van der Waals surface area (Å²) in [7, 11) is 1.71. The topological polar surface area (TPSA) is 66.6 Å². The number of phenols is 1. The third-order valence-electron chi connectivity index (χ3n) is 2.82. The van der Waals surface area contributed by atoms with Crippen molar-refractivity contribution < 1.29 is 9.90 Å². The fourth-order valence-electron chi connectivity index (χ4n) is 1.68. The molecule has 1 amide bonds. The van der Waals surface area contributed by atoms with Crippen molar-refractivity contribution in [2.24, 2.45) is 11.7 Å². The first kappa shape index (κ1) is 14.4. The van der Waals surface area contributed by atoms with Crippen LogP contribution in [0.3, 0.4) is 0 Å². The molecule has 0 aliphatic heterocycles. The van der Waals surface area contributed by atoms with Crippen molar-refractivity contribution in [2.75, 3.05) is 13.6 Å². The largest absolute Gasteiger partial charge is 0.508 e. The predicted molar refractivity (Wildman–Crippen MR) is 75.8 cm³/mol. The highest BCUT2D eigenvalue weighted by Gasteiger charge is 2.17. The Morgan fingerprint density at radius 3 is 2.67 bits per heavy atom. The molecule has 0 radical (unpaired) electrons. The van der Waals surface area contributed by atoms with Crippen LogP contribution in [0.15, 0.2) is 18.2 Å². The minimum atomic E-state index is -0.101. The molecule has 0 aromatic heterocycles. The summed E-state index contributed by atoms with van der Waals surface area (Å²) in [5.41, 5.74) is 6.85. The number of rotatable bonds is 4. The van der Waals surface area contributed by atoms with Gasteiger partial charge in [0.05, 0.1) is 4.99 Å². The second-order valence-corrected chi connectivity index (χ2v) is 4.96. The number of hydrogen-bond acceptors (Lipinski definition) is 3. The summed E-state index contributed by atoms with van der Waals surface area (Å²) in [5.74, 6) is 0.0326. The molecule has 1 aromatic rings. The van der Waals surface area contributed by atoms with Crippen molar-refractivity contribution >= 4 is 23.1 Å². The van der Waals surface area contributed by atoms with E-state index in [1.807, 2.05) is 6.92 Å². The van der Waals surface area contributed by atoms with E-state index < -0.39 is 0 Å². The van der Waals surface area contributed by atoms with E-state index in [1.54, 1.807) is 31.0 Å². The molecule has 98 valence electrons. The molecule has 0 bridgehead atoms.